The van der Waals surface area contributed by atoms with E-state index in [1.165, 1.54) is 18.2 Å². The van der Waals surface area contributed by atoms with Crippen LogP contribution >= 0.6 is 0 Å². The summed E-state index contributed by atoms with van der Waals surface area (Å²) in [5.74, 6) is -1.19. The highest BCUT2D eigenvalue weighted by Gasteiger charge is 2.21. The van der Waals surface area contributed by atoms with Crippen LogP contribution in [0.1, 0.15) is 28.8 Å². The van der Waals surface area contributed by atoms with Crippen LogP contribution in [-0.4, -0.2) is 26.7 Å². The number of anilines is 1. The molecule has 0 radical (unpaired) electrons. The van der Waals surface area contributed by atoms with E-state index < -0.39 is 20.7 Å². The molecule has 0 spiro atoms. The van der Waals surface area contributed by atoms with Crippen molar-refractivity contribution in [2.75, 3.05) is 11.4 Å². The van der Waals surface area contributed by atoms with Gasteiger partial charge in [-0.15, -0.1) is 0 Å². The average molecular weight is 388 g/mol. The van der Waals surface area contributed by atoms with Gasteiger partial charge in [-0.25, -0.2) is 17.9 Å². The summed E-state index contributed by atoms with van der Waals surface area (Å²) in [4.78, 5) is 25.1. The molecule has 1 fully saturated rings. The van der Waals surface area contributed by atoms with Crippen LogP contribution in [0.4, 0.5) is 10.1 Å². The van der Waals surface area contributed by atoms with Crippen LogP contribution in [0.3, 0.4) is 0 Å². The molecule has 2 N–H and O–H groups in total. The molecule has 2 aromatic carbocycles. The number of ketones is 1. The topological polar surface area (TPSA) is 97.5 Å². The number of hydrogen-bond donors (Lipinski definition) is 1. The lowest BCUT2D eigenvalue weighted by Gasteiger charge is -2.15. The van der Waals surface area contributed by atoms with Gasteiger partial charge in [-0.3, -0.25) is 9.59 Å². The molecule has 0 saturated carbocycles. The Kier molecular flexibility index (Phi) is 5.20. The molecule has 140 valence electrons. The van der Waals surface area contributed by atoms with Crippen molar-refractivity contribution < 1.29 is 22.4 Å². The van der Waals surface area contributed by atoms with Crippen LogP contribution in [0.15, 0.2) is 53.4 Å². The van der Waals surface area contributed by atoms with Crippen molar-refractivity contribution in [1.29, 1.82) is 0 Å². The quantitative estimate of drug-likeness (QED) is 0.629. The maximum Gasteiger partial charge on any atom is 0.240 e. The molecule has 6 nitrogen and oxygen atoms in total. The molecule has 27 heavy (non-hydrogen) atoms. The number of allylic oxidation sites excluding steroid dienone is 1. The third-order valence-corrected chi connectivity index (χ3v) is 5.15. The molecule has 1 amide bonds. The first-order valence-corrected chi connectivity index (χ1v) is 9.75. The minimum Gasteiger partial charge on any atom is -0.312 e. The first-order valence-electron chi connectivity index (χ1n) is 8.21. The van der Waals surface area contributed by atoms with Crippen molar-refractivity contribution in [2.24, 2.45) is 5.14 Å². The van der Waals surface area contributed by atoms with E-state index >= 15 is 0 Å². The van der Waals surface area contributed by atoms with Crippen LogP contribution in [0.2, 0.25) is 0 Å². The fourth-order valence-electron chi connectivity index (χ4n) is 2.84. The van der Waals surface area contributed by atoms with Crippen molar-refractivity contribution in [3.8, 4) is 0 Å². The molecule has 0 aromatic heterocycles. The molecule has 1 aliphatic heterocycles. The smallest absolute Gasteiger partial charge is 0.240 e. The van der Waals surface area contributed by atoms with Gasteiger partial charge in [0.2, 0.25) is 15.9 Å². The zero-order chi connectivity index (χ0) is 19.6. The summed E-state index contributed by atoms with van der Waals surface area (Å²) in [6.45, 7) is 0.670. The molecule has 2 aromatic rings. The van der Waals surface area contributed by atoms with Gasteiger partial charge in [0, 0.05) is 24.2 Å². The number of amides is 1. The summed E-state index contributed by atoms with van der Waals surface area (Å²) < 4.78 is 36.2. The van der Waals surface area contributed by atoms with Crippen LogP contribution in [0, 0.1) is 5.82 Å². The second-order valence-corrected chi connectivity index (χ2v) is 7.66. The third-order valence-electron chi connectivity index (χ3n) is 4.23. The van der Waals surface area contributed by atoms with Gasteiger partial charge < -0.3 is 4.90 Å². The van der Waals surface area contributed by atoms with E-state index in [1.807, 2.05) is 0 Å². The Morgan fingerprint density at radius 2 is 1.85 bits per heavy atom. The normalized spacial score (nSPS) is 14.9. The van der Waals surface area contributed by atoms with E-state index in [4.69, 9.17) is 5.14 Å². The number of primary sulfonamides is 1. The van der Waals surface area contributed by atoms with Crippen LogP contribution in [-0.2, 0) is 14.8 Å². The highest BCUT2D eigenvalue weighted by atomic mass is 32.2. The second-order valence-electron chi connectivity index (χ2n) is 6.13. The lowest BCUT2D eigenvalue weighted by molar-refractivity contribution is -0.117. The van der Waals surface area contributed by atoms with Gasteiger partial charge >= 0.3 is 0 Å². The zero-order valence-corrected chi connectivity index (χ0v) is 15.1. The molecule has 0 atom stereocenters. The molecule has 0 unspecified atom stereocenters. The van der Waals surface area contributed by atoms with Crippen molar-refractivity contribution in [3.63, 3.8) is 0 Å². The Morgan fingerprint density at radius 3 is 2.44 bits per heavy atom. The predicted octanol–water partition coefficient (Wildman–Crippen LogP) is 2.50. The molecule has 1 aliphatic rings. The summed E-state index contributed by atoms with van der Waals surface area (Å²) in [7, 11) is -4.19. The Hall–Kier alpha value is -2.84. The van der Waals surface area contributed by atoms with Crippen LogP contribution in [0.5, 0.6) is 0 Å². The Balaban J connectivity index is 1.76. The molecule has 8 heteroatoms. The lowest BCUT2D eigenvalue weighted by Crippen LogP contribution is -2.23. The Bertz CT molecular complexity index is 1030. The molecular formula is C19H17FN2O4S. The third kappa shape index (κ3) is 4.29. The Morgan fingerprint density at radius 1 is 1.15 bits per heavy atom. The largest absolute Gasteiger partial charge is 0.312 e. The molecule has 0 aliphatic carbocycles. The van der Waals surface area contributed by atoms with Crippen LogP contribution in [0.25, 0.3) is 6.08 Å². The minimum atomic E-state index is -4.19. The van der Waals surface area contributed by atoms with Gasteiger partial charge in [0.15, 0.2) is 5.78 Å². The van der Waals surface area contributed by atoms with Gasteiger partial charge in [0.1, 0.15) is 10.7 Å². The number of carbonyl (C=O) groups excluding carboxylic acids is 2. The zero-order valence-electron chi connectivity index (χ0n) is 14.3. The lowest BCUT2D eigenvalue weighted by atomic mass is 10.1. The molecule has 1 saturated heterocycles. The van der Waals surface area contributed by atoms with E-state index in [9.17, 15) is 22.4 Å². The maximum absolute atomic E-state index is 13.5. The monoisotopic (exact) mass is 388 g/mol. The minimum absolute atomic E-state index is 0.0657. The summed E-state index contributed by atoms with van der Waals surface area (Å²) in [5.41, 5.74) is 1.48. The number of rotatable bonds is 5. The molecule has 0 bridgehead atoms. The highest BCUT2D eigenvalue weighted by molar-refractivity contribution is 7.89. The van der Waals surface area contributed by atoms with E-state index in [-0.39, 0.29) is 11.7 Å². The molecular weight excluding hydrogens is 371 g/mol. The number of hydrogen-bond acceptors (Lipinski definition) is 4. The van der Waals surface area contributed by atoms with Gasteiger partial charge in [-0.2, -0.15) is 0 Å². The van der Waals surface area contributed by atoms with Gasteiger partial charge in [-0.1, -0.05) is 12.1 Å². The highest BCUT2D eigenvalue weighted by Crippen LogP contribution is 2.22. The standard InChI is InChI=1S/C19H17FN2O4S/c20-16-9-3-13(12-18(16)27(21,25)26)4-10-17(23)14-5-7-15(8-6-14)22-11-1-2-19(22)24/h3-10,12H,1-2,11H2,(H2,21,25,26)/b10-4+. The fourth-order valence-corrected chi connectivity index (χ4v) is 3.48. The maximum atomic E-state index is 13.5. The summed E-state index contributed by atoms with van der Waals surface area (Å²) in [5, 5.41) is 4.96. The van der Waals surface area contributed by atoms with E-state index in [2.05, 4.69) is 0 Å². The summed E-state index contributed by atoms with van der Waals surface area (Å²) in [6.07, 6.45) is 3.99. The number of nitrogens with zero attached hydrogens (tertiary/aromatic N) is 1. The van der Waals surface area contributed by atoms with Gasteiger partial charge in [0.05, 0.1) is 0 Å². The van der Waals surface area contributed by atoms with E-state index in [0.29, 0.717) is 24.1 Å². The Labute approximate surface area is 156 Å². The first kappa shape index (κ1) is 18.9. The van der Waals surface area contributed by atoms with Gasteiger partial charge in [0.25, 0.3) is 0 Å². The number of halogens is 1. The first-order chi connectivity index (χ1) is 12.8. The van der Waals surface area contributed by atoms with Crippen molar-refractivity contribution in [1.82, 2.24) is 0 Å². The summed E-state index contributed by atoms with van der Waals surface area (Å²) >= 11 is 0. The molecule has 3 rings (SSSR count). The van der Waals surface area contributed by atoms with E-state index in [0.717, 1.165) is 24.2 Å². The SMILES string of the molecule is NS(=O)(=O)c1cc(/C=C/C(=O)c2ccc(N3CCCC3=O)cc2)ccc1F. The van der Waals surface area contributed by atoms with Gasteiger partial charge in [-0.05, 0) is 54.5 Å². The summed E-state index contributed by atoms with van der Waals surface area (Å²) in [6, 6.07) is 10.0. The predicted molar refractivity (Wildman–Crippen MR) is 99.2 cm³/mol. The number of sulfonamides is 1. The van der Waals surface area contributed by atoms with Crippen molar-refractivity contribution in [2.45, 2.75) is 17.7 Å². The number of nitrogens with two attached hydrogens (primary N) is 1. The fraction of sp³-hybridized carbons (Fsp3) is 0.158. The van der Waals surface area contributed by atoms with Crippen LogP contribution < -0.4 is 10.0 Å². The number of carbonyl (C=O) groups is 2. The van der Waals surface area contributed by atoms with Crippen molar-refractivity contribution >= 4 is 33.5 Å². The average Bonchev–Trinajstić information content (AvgIpc) is 3.06. The molecule has 1 heterocycles. The number of benzene rings is 2. The van der Waals surface area contributed by atoms with E-state index in [1.54, 1.807) is 29.2 Å². The second kappa shape index (κ2) is 7.42. The van der Waals surface area contributed by atoms with Crippen molar-refractivity contribution in [3.05, 3.63) is 65.5 Å².